The number of rotatable bonds is 4. The summed E-state index contributed by atoms with van der Waals surface area (Å²) >= 11 is 0. The molecule has 2 heteroatoms. The average Bonchev–Trinajstić information content (AvgIpc) is 2.44. The summed E-state index contributed by atoms with van der Waals surface area (Å²) in [6.45, 7) is 12.0. The van der Waals surface area contributed by atoms with Gasteiger partial charge < -0.3 is 0 Å². The van der Waals surface area contributed by atoms with Gasteiger partial charge in [0.15, 0.2) is 0 Å². The van der Waals surface area contributed by atoms with Gasteiger partial charge in [0.2, 0.25) is 0 Å². The van der Waals surface area contributed by atoms with Crippen LogP contribution in [0, 0.1) is 0 Å². The molecule has 0 aliphatic carbocycles. The van der Waals surface area contributed by atoms with Crippen molar-refractivity contribution in [3.8, 4) is 0 Å². The van der Waals surface area contributed by atoms with Crippen molar-refractivity contribution in [2.24, 2.45) is 0 Å². The minimum absolute atomic E-state index is 0.257. The van der Waals surface area contributed by atoms with E-state index in [-0.39, 0.29) is 7.47 Å². The van der Waals surface area contributed by atoms with E-state index in [1.807, 2.05) is 0 Å². The minimum Gasteiger partial charge on any atom is -0.0682 e. The summed E-state index contributed by atoms with van der Waals surface area (Å²) in [6.07, 6.45) is 0. The molecule has 0 aliphatic heterocycles. The van der Waals surface area contributed by atoms with Crippen LogP contribution >= 0.6 is 7.47 Å². The van der Waals surface area contributed by atoms with Gasteiger partial charge in [-0.2, -0.15) is 0 Å². The van der Waals surface area contributed by atoms with E-state index in [1.54, 1.807) is 5.31 Å². The van der Waals surface area contributed by atoms with Crippen LogP contribution in [0.2, 0.25) is 19.6 Å². The van der Waals surface area contributed by atoms with Gasteiger partial charge >= 0.3 is 0 Å². The lowest BCUT2D eigenvalue weighted by atomic mass is 10.1. The molecule has 0 spiro atoms. The molecule has 0 aliphatic rings. The molecule has 0 aromatic heterocycles. The largest absolute Gasteiger partial charge is 0.0828 e. The lowest BCUT2D eigenvalue weighted by molar-refractivity contribution is 1.41. The van der Waals surface area contributed by atoms with Crippen LogP contribution in [-0.2, 0) is 0 Å². The van der Waals surface area contributed by atoms with E-state index in [9.17, 15) is 0 Å². The van der Waals surface area contributed by atoms with E-state index in [2.05, 4.69) is 94.2 Å². The number of hydrogen-bond acceptors (Lipinski definition) is 0. The van der Waals surface area contributed by atoms with E-state index in [0.717, 1.165) is 0 Å². The molecule has 0 nitrogen and oxygen atoms in total. The Hall–Kier alpha value is -1.17. The predicted octanol–water partition coefficient (Wildman–Crippen LogP) is 6.08. The Kier molecular flexibility index (Phi) is 5.19. The van der Waals surface area contributed by atoms with Gasteiger partial charge in [-0.15, -0.1) is 0 Å². The molecule has 0 radical (unpaired) electrons. The molecule has 0 saturated heterocycles. The molecule has 0 bridgehead atoms. The Morgan fingerprint density at radius 3 is 1.67 bits per heavy atom. The van der Waals surface area contributed by atoms with Gasteiger partial charge in [-0.05, 0) is 30.0 Å². The Morgan fingerprint density at radius 1 is 0.762 bits per heavy atom. The Balaban J connectivity index is 2.62. The fraction of sp³-hybridized carbons (Fsp3) is 0.263. The topological polar surface area (TPSA) is 0 Å². The number of allylic oxidation sites excluding steroid dienone is 1. The van der Waals surface area contributed by atoms with E-state index in [1.165, 1.54) is 16.4 Å². The highest BCUT2D eigenvalue weighted by atomic mass is 31.4. The van der Waals surface area contributed by atoms with Crippen molar-refractivity contribution >= 4 is 25.8 Å². The van der Waals surface area contributed by atoms with E-state index in [0.29, 0.717) is 0 Å². The van der Waals surface area contributed by atoms with Gasteiger partial charge in [0.05, 0.1) is 7.74 Å². The van der Waals surface area contributed by atoms with Crippen LogP contribution in [0.4, 0.5) is 0 Å². The van der Waals surface area contributed by atoms with Crippen LogP contribution in [0.15, 0.2) is 66.2 Å². The second-order valence-electron chi connectivity index (χ2n) is 6.56. The van der Waals surface area contributed by atoms with Gasteiger partial charge in [-0.1, -0.05) is 93.3 Å². The maximum absolute atomic E-state index is 2.50. The second-order valence-corrected chi connectivity index (χ2v) is 17.9. The van der Waals surface area contributed by atoms with Gasteiger partial charge in [-0.25, -0.2) is 0 Å². The molecule has 1 unspecified atom stereocenters. The first-order valence-electron chi connectivity index (χ1n) is 7.49. The van der Waals surface area contributed by atoms with Crippen molar-refractivity contribution in [3.05, 3.63) is 71.8 Å². The highest BCUT2D eigenvalue weighted by Gasteiger charge is 2.32. The summed E-state index contributed by atoms with van der Waals surface area (Å²) < 4.78 is 0. The smallest absolute Gasteiger partial charge is 0.0682 e. The van der Waals surface area contributed by atoms with Gasteiger partial charge in [0.25, 0.3) is 0 Å². The number of hydrogen-bond donors (Lipinski definition) is 0. The van der Waals surface area contributed by atoms with Crippen molar-refractivity contribution < 1.29 is 0 Å². The van der Waals surface area contributed by atoms with Crippen LogP contribution in [0.5, 0.6) is 0 Å². The van der Waals surface area contributed by atoms with Crippen LogP contribution in [0.25, 0.3) is 5.31 Å². The Labute approximate surface area is 131 Å². The molecule has 2 aromatic carbocycles. The third-order valence-corrected chi connectivity index (χ3v) is 12.2. The van der Waals surface area contributed by atoms with Gasteiger partial charge in [0, 0.05) is 0 Å². The van der Waals surface area contributed by atoms with E-state index < -0.39 is 7.74 Å². The highest BCUT2D eigenvalue weighted by Crippen LogP contribution is 2.57. The third kappa shape index (κ3) is 3.93. The molecule has 2 rings (SSSR count). The second kappa shape index (κ2) is 6.73. The first kappa shape index (κ1) is 16.2. The molecular formula is C19H25PSi. The van der Waals surface area contributed by atoms with Crippen LogP contribution in [0.1, 0.15) is 19.4 Å². The van der Waals surface area contributed by atoms with Crippen molar-refractivity contribution in [1.29, 1.82) is 0 Å². The fourth-order valence-corrected chi connectivity index (χ4v) is 11.5. The number of benzene rings is 2. The normalized spacial score (nSPS) is 12.8. The molecule has 21 heavy (non-hydrogen) atoms. The van der Waals surface area contributed by atoms with Crippen molar-refractivity contribution in [2.45, 2.75) is 33.5 Å². The Bertz CT molecular complexity index is 605. The molecule has 0 fully saturated rings. The fourth-order valence-electron chi connectivity index (χ4n) is 2.67. The monoisotopic (exact) mass is 312 g/mol. The van der Waals surface area contributed by atoms with E-state index >= 15 is 0 Å². The maximum Gasteiger partial charge on any atom is 0.0828 e. The van der Waals surface area contributed by atoms with Crippen molar-refractivity contribution in [2.75, 3.05) is 0 Å². The summed E-state index contributed by atoms with van der Waals surface area (Å²) in [7, 11) is -1.59. The third-order valence-electron chi connectivity index (χ3n) is 3.43. The predicted molar refractivity (Wildman–Crippen MR) is 101 cm³/mol. The zero-order chi connectivity index (χ0) is 15.5. The first-order chi connectivity index (χ1) is 9.91. The summed E-state index contributed by atoms with van der Waals surface area (Å²) in [5.74, 6) is 0. The average molecular weight is 312 g/mol. The molecule has 1 atom stereocenters. The molecule has 2 aromatic rings. The van der Waals surface area contributed by atoms with Gasteiger partial charge in [-0.3, -0.25) is 0 Å². The lowest BCUT2D eigenvalue weighted by Gasteiger charge is -2.34. The SMILES string of the molecule is CC(C)=C(c1ccccc1)P(c1ccccc1)[Si](C)(C)C. The van der Waals surface area contributed by atoms with Crippen LogP contribution in [0.3, 0.4) is 0 Å². The van der Waals surface area contributed by atoms with E-state index in [4.69, 9.17) is 0 Å². The summed E-state index contributed by atoms with van der Waals surface area (Å²) in [5, 5.41) is 3.10. The van der Waals surface area contributed by atoms with Crippen molar-refractivity contribution in [1.82, 2.24) is 0 Å². The molecule has 110 valence electrons. The highest BCUT2D eigenvalue weighted by molar-refractivity contribution is 8.06. The standard InChI is InChI=1S/C19H25PSi/c1-16(2)19(17-12-8-6-9-13-17)20(21(3,4)5)18-14-10-7-11-15-18/h6-15H,1-5H3. The zero-order valence-corrected chi connectivity index (χ0v) is 15.6. The van der Waals surface area contributed by atoms with Crippen LogP contribution < -0.4 is 5.30 Å². The molecule has 0 N–H and O–H groups in total. The summed E-state index contributed by atoms with van der Waals surface area (Å²) in [5.41, 5.74) is 2.86. The first-order valence-corrected chi connectivity index (χ1v) is 13.2. The Morgan fingerprint density at radius 2 is 1.24 bits per heavy atom. The molecule has 0 saturated carbocycles. The summed E-state index contributed by atoms with van der Waals surface area (Å²) in [6, 6.07) is 22.0. The quantitative estimate of drug-likeness (QED) is 0.474. The lowest BCUT2D eigenvalue weighted by Crippen LogP contribution is -2.25. The zero-order valence-electron chi connectivity index (χ0n) is 13.7. The maximum atomic E-state index is 2.50. The minimum atomic E-state index is -1.33. The molecular weight excluding hydrogens is 287 g/mol. The molecule has 0 amide bonds. The van der Waals surface area contributed by atoms with Crippen molar-refractivity contribution in [3.63, 3.8) is 0 Å². The van der Waals surface area contributed by atoms with Gasteiger partial charge in [0.1, 0.15) is 0 Å². The van der Waals surface area contributed by atoms with Crippen LogP contribution in [-0.4, -0.2) is 7.74 Å². The summed E-state index contributed by atoms with van der Waals surface area (Å²) in [4.78, 5) is 0. The molecule has 0 heterocycles.